The number of aromatic nitrogens is 2. The fourth-order valence-electron chi connectivity index (χ4n) is 1.29. The van der Waals surface area contributed by atoms with Gasteiger partial charge >= 0.3 is 0 Å². The third-order valence-electron chi connectivity index (χ3n) is 1.91. The predicted molar refractivity (Wildman–Crippen MR) is 49.2 cm³/mol. The Morgan fingerprint density at radius 3 is 3.00 bits per heavy atom. The first-order valence-corrected chi connectivity index (χ1v) is 3.90. The molecule has 0 saturated heterocycles. The van der Waals surface area contributed by atoms with Crippen molar-refractivity contribution in [2.24, 2.45) is 12.8 Å². The van der Waals surface area contributed by atoms with Crippen LogP contribution in [0.2, 0.25) is 0 Å². The Bertz CT molecular complexity index is 473. The van der Waals surface area contributed by atoms with E-state index < -0.39 is 5.91 Å². The van der Waals surface area contributed by atoms with E-state index >= 15 is 0 Å². The maximum absolute atomic E-state index is 10.8. The van der Waals surface area contributed by atoms with Crippen LogP contribution in [0, 0.1) is 0 Å². The topological polar surface area (TPSA) is 60.9 Å². The number of aryl methyl sites for hydroxylation is 1. The molecule has 2 aromatic rings. The second kappa shape index (κ2) is 2.58. The summed E-state index contributed by atoms with van der Waals surface area (Å²) in [6, 6.07) is 5.23. The van der Waals surface area contributed by atoms with Crippen molar-refractivity contribution in [3.8, 4) is 0 Å². The average Bonchev–Trinajstić information content (AvgIpc) is 2.42. The molecule has 0 spiro atoms. The van der Waals surface area contributed by atoms with Gasteiger partial charge in [0.2, 0.25) is 5.91 Å². The highest BCUT2D eigenvalue weighted by molar-refractivity contribution is 5.96. The molecule has 0 atom stereocenters. The Morgan fingerprint density at radius 1 is 1.54 bits per heavy atom. The van der Waals surface area contributed by atoms with E-state index in [-0.39, 0.29) is 0 Å². The summed E-state index contributed by atoms with van der Waals surface area (Å²) < 4.78 is 1.70. The summed E-state index contributed by atoms with van der Waals surface area (Å²) in [5, 5.41) is 5.17. The molecule has 66 valence electrons. The minimum atomic E-state index is -0.424. The number of amides is 1. The largest absolute Gasteiger partial charge is 0.366 e. The van der Waals surface area contributed by atoms with Gasteiger partial charge in [0.05, 0.1) is 5.52 Å². The highest BCUT2D eigenvalue weighted by Crippen LogP contribution is 2.13. The number of rotatable bonds is 1. The summed E-state index contributed by atoms with van der Waals surface area (Å²) in [6.45, 7) is 0. The first-order valence-electron chi connectivity index (χ1n) is 3.90. The Kier molecular flexibility index (Phi) is 1.55. The van der Waals surface area contributed by atoms with E-state index in [4.69, 9.17) is 5.73 Å². The van der Waals surface area contributed by atoms with Crippen molar-refractivity contribution in [2.75, 3.05) is 0 Å². The summed E-state index contributed by atoms with van der Waals surface area (Å²) in [5.74, 6) is -0.424. The zero-order valence-electron chi connectivity index (χ0n) is 7.19. The minimum Gasteiger partial charge on any atom is -0.366 e. The number of benzene rings is 1. The van der Waals surface area contributed by atoms with Gasteiger partial charge in [-0.2, -0.15) is 5.10 Å². The lowest BCUT2D eigenvalue weighted by Crippen LogP contribution is -2.10. The zero-order valence-corrected chi connectivity index (χ0v) is 7.19. The second-order valence-electron chi connectivity index (χ2n) is 2.94. The Balaban J connectivity index is 2.67. The first-order chi connectivity index (χ1) is 6.16. The van der Waals surface area contributed by atoms with Crippen molar-refractivity contribution in [2.45, 2.75) is 0 Å². The summed E-state index contributed by atoms with van der Waals surface area (Å²) in [4.78, 5) is 10.8. The number of carbonyl (C=O) groups is 1. The lowest BCUT2D eigenvalue weighted by molar-refractivity contribution is 0.100. The molecule has 13 heavy (non-hydrogen) atoms. The fraction of sp³-hybridized carbons (Fsp3) is 0.111. The lowest BCUT2D eigenvalue weighted by atomic mass is 10.1. The smallest absolute Gasteiger partial charge is 0.248 e. The van der Waals surface area contributed by atoms with E-state index in [9.17, 15) is 4.79 Å². The van der Waals surface area contributed by atoms with Crippen LogP contribution in [0.1, 0.15) is 10.4 Å². The SMILES string of the molecule is Cn1cc2ccc(C(N)=O)cc2n1. The Labute approximate surface area is 75.0 Å². The van der Waals surface area contributed by atoms with Crippen LogP contribution in [0.5, 0.6) is 0 Å². The molecule has 0 aliphatic rings. The molecule has 1 heterocycles. The molecule has 0 saturated carbocycles. The van der Waals surface area contributed by atoms with Gasteiger partial charge in [0.15, 0.2) is 0 Å². The molecular formula is C9H9N3O. The van der Waals surface area contributed by atoms with Crippen molar-refractivity contribution in [3.05, 3.63) is 30.0 Å². The Hall–Kier alpha value is -1.84. The molecule has 2 N–H and O–H groups in total. The predicted octanol–water partition coefficient (Wildman–Crippen LogP) is 0.672. The van der Waals surface area contributed by atoms with Crippen molar-refractivity contribution >= 4 is 16.8 Å². The summed E-state index contributed by atoms with van der Waals surface area (Å²) in [5.41, 5.74) is 6.42. The van der Waals surface area contributed by atoms with Crippen LogP contribution in [0.15, 0.2) is 24.4 Å². The van der Waals surface area contributed by atoms with E-state index in [2.05, 4.69) is 5.10 Å². The van der Waals surface area contributed by atoms with Crippen LogP contribution >= 0.6 is 0 Å². The summed E-state index contributed by atoms with van der Waals surface area (Å²) >= 11 is 0. The Morgan fingerprint density at radius 2 is 2.31 bits per heavy atom. The second-order valence-corrected chi connectivity index (χ2v) is 2.94. The van der Waals surface area contributed by atoms with Gasteiger partial charge in [-0.05, 0) is 12.1 Å². The highest BCUT2D eigenvalue weighted by atomic mass is 16.1. The number of nitrogens with zero attached hydrogens (tertiary/aromatic N) is 2. The molecule has 0 aliphatic heterocycles. The molecule has 4 heteroatoms. The minimum absolute atomic E-state index is 0.424. The van der Waals surface area contributed by atoms with Crippen molar-refractivity contribution in [1.82, 2.24) is 9.78 Å². The third kappa shape index (κ3) is 1.26. The molecule has 1 aromatic carbocycles. The van der Waals surface area contributed by atoms with Crippen LogP contribution in [0.4, 0.5) is 0 Å². The average molecular weight is 175 g/mol. The van der Waals surface area contributed by atoms with Crippen LogP contribution in [-0.4, -0.2) is 15.7 Å². The van der Waals surface area contributed by atoms with Gasteiger partial charge in [-0.3, -0.25) is 9.48 Å². The zero-order chi connectivity index (χ0) is 9.42. The van der Waals surface area contributed by atoms with Crippen molar-refractivity contribution in [1.29, 1.82) is 0 Å². The fourth-order valence-corrected chi connectivity index (χ4v) is 1.29. The van der Waals surface area contributed by atoms with Gasteiger partial charge in [0.1, 0.15) is 0 Å². The quantitative estimate of drug-likeness (QED) is 0.692. The number of carbonyl (C=O) groups excluding carboxylic acids is 1. The molecular weight excluding hydrogens is 166 g/mol. The molecule has 1 aromatic heterocycles. The molecule has 0 fully saturated rings. The van der Waals surface area contributed by atoms with Crippen molar-refractivity contribution in [3.63, 3.8) is 0 Å². The van der Waals surface area contributed by atoms with E-state index in [0.717, 1.165) is 10.9 Å². The number of hydrogen-bond acceptors (Lipinski definition) is 2. The van der Waals surface area contributed by atoms with Gasteiger partial charge in [0, 0.05) is 24.2 Å². The van der Waals surface area contributed by atoms with Gasteiger partial charge in [-0.1, -0.05) is 6.07 Å². The van der Waals surface area contributed by atoms with E-state index in [1.807, 2.05) is 19.3 Å². The van der Waals surface area contributed by atoms with E-state index in [0.29, 0.717) is 5.56 Å². The van der Waals surface area contributed by atoms with E-state index in [1.165, 1.54) is 0 Å². The molecule has 0 aliphatic carbocycles. The summed E-state index contributed by atoms with van der Waals surface area (Å²) in [6.07, 6.45) is 1.89. The normalized spacial score (nSPS) is 10.5. The van der Waals surface area contributed by atoms with Crippen LogP contribution in [-0.2, 0) is 7.05 Å². The first kappa shape index (κ1) is 7.79. The molecule has 0 unspecified atom stereocenters. The highest BCUT2D eigenvalue weighted by Gasteiger charge is 2.03. The standard InChI is InChI=1S/C9H9N3O/c1-12-5-7-3-2-6(9(10)13)4-8(7)11-12/h2-5H,1H3,(H2,10,13). The molecule has 4 nitrogen and oxygen atoms in total. The van der Waals surface area contributed by atoms with Crippen molar-refractivity contribution < 1.29 is 4.79 Å². The number of fused-ring (bicyclic) bond motifs is 1. The molecule has 2 rings (SSSR count). The summed E-state index contributed by atoms with van der Waals surface area (Å²) in [7, 11) is 1.84. The molecule has 1 amide bonds. The van der Waals surface area contributed by atoms with Gasteiger partial charge in [-0.25, -0.2) is 0 Å². The monoisotopic (exact) mass is 175 g/mol. The maximum atomic E-state index is 10.8. The van der Waals surface area contributed by atoms with Gasteiger partial charge in [-0.15, -0.1) is 0 Å². The van der Waals surface area contributed by atoms with Gasteiger partial charge in [0.25, 0.3) is 0 Å². The van der Waals surface area contributed by atoms with Crippen LogP contribution in [0.3, 0.4) is 0 Å². The van der Waals surface area contributed by atoms with Crippen LogP contribution < -0.4 is 5.73 Å². The van der Waals surface area contributed by atoms with E-state index in [1.54, 1.807) is 16.8 Å². The number of nitrogens with two attached hydrogens (primary N) is 1. The number of primary amides is 1. The van der Waals surface area contributed by atoms with Crippen LogP contribution in [0.25, 0.3) is 10.9 Å². The third-order valence-corrected chi connectivity index (χ3v) is 1.91. The number of hydrogen-bond donors (Lipinski definition) is 1. The molecule has 0 radical (unpaired) electrons. The lowest BCUT2D eigenvalue weighted by Gasteiger charge is -1.92. The molecule has 0 bridgehead atoms. The van der Waals surface area contributed by atoms with Gasteiger partial charge < -0.3 is 5.73 Å². The maximum Gasteiger partial charge on any atom is 0.248 e.